The van der Waals surface area contributed by atoms with Crippen LogP contribution in [0, 0.1) is 5.82 Å². The van der Waals surface area contributed by atoms with Crippen molar-refractivity contribution < 1.29 is 46.6 Å². The third-order valence-electron chi connectivity index (χ3n) is 7.61. The van der Waals surface area contributed by atoms with Gasteiger partial charge in [-0.25, -0.2) is 14.0 Å². The van der Waals surface area contributed by atoms with Crippen LogP contribution in [0.1, 0.15) is 35.0 Å². The molecule has 6 rings (SSSR count). The van der Waals surface area contributed by atoms with Crippen molar-refractivity contribution in [2.45, 2.75) is 25.5 Å². The number of piperazine rings is 1. The molecule has 2 aromatic carbocycles. The minimum absolute atomic E-state index is 0.0263. The van der Waals surface area contributed by atoms with Crippen LogP contribution in [0.25, 0.3) is 22.2 Å². The standard InChI is InChI=1S/C28H28FN3O11P2/c29-21-11-19-22(12-23(21)31-9-7-30-8-10-31)32(17-3-4-17)13-20(25(19)33)27(34)41-14-24-26(43-28(35)42-24)16-1-5-18(6-2-16)44(36,37)15-45(38,39)40/h1-2,5-6,11-13,17,30H,3-4,7-10,14-15H2,(H,36,37)(H2,38,39,40). The molecule has 14 nitrogen and oxygen atoms in total. The van der Waals surface area contributed by atoms with E-state index in [2.05, 4.69) is 5.32 Å². The van der Waals surface area contributed by atoms with Crippen LogP contribution in [0.3, 0.4) is 0 Å². The Labute approximate surface area is 253 Å². The molecule has 0 spiro atoms. The van der Waals surface area contributed by atoms with Gasteiger partial charge in [0.1, 0.15) is 17.3 Å². The van der Waals surface area contributed by atoms with Gasteiger partial charge in [-0.3, -0.25) is 13.9 Å². The second kappa shape index (κ2) is 11.8. The molecule has 1 saturated carbocycles. The van der Waals surface area contributed by atoms with Gasteiger partial charge < -0.3 is 43.0 Å². The number of nitrogens with one attached hydrogen (secondary N) is 1. The van der Waals surface area contributed by atoms with Crippen molar-refractivity contribution in [3.05, 3.63) is 80.6 Å². The van der Waals surface area contributed by atoms with Crippen LogP contribution in [-0.4, -0.2) is 57.3 Å². The summed E-state index contributed by atoms with van der Waals surface area (Å²) >= 11 is 0. The number of ether oxygens (including phenoxy) is 1. The van der Waals surface area contributed by atoms with Crippen LogP contribution in [-0.2, 0) is 20.5 Å². The van der Waals surface area contributed by atoms with Gasteiger partial charge in [0.25, 0.3) is 0 Å². The Kier molecular flexibility index (Phi) is 8.19. The molecule has 3 heterocycles. The molecule has 1 saturated heterocycles. The highest BCUT2D eigenvalue weighted by molar-refractivity contribution is 7.77. The van der Waals surface area contributed by atoms with Gasteiger partial charge in [-0.1, -0.05) is 12.1 Å². The first kappa shape index (κ1) is 31.2. The normalized spacial score (nSPS) is 16.9. The van der Waals surface area contributed by atoms with Crippen molar-refractivity contribution in [3.63, 3.8) is 0 Å². The molecule has 238 valence electrons. The number of nitrogens with zero attached hydrogens (tertiary/aromatic N) is 2. The van der Waals surface area contributed by atoms with Crippen LogP contribution in [0.4, 0.5) is 10.1 Å². The molecule has 1 aliphatic carbocycles. The van der Waals surface area contributed by atoms with Crippen molar-refractivity contribution in [2.75, 3.05) is 37.0 Å². The first-order valence-corrected chi connectivity index (χ1v) is 17.6. The first-order valence-electron chi connectivity index (χ1n) is 13.9. The lowest BCUT2D eigenvalue weighted by Gasteiger charge is -2.30. The monoisotopic (exact) mass is 663 g/mol. The van der Waals surface area contributed by atoms with Crippen molar-refractivity contribution in [2.24, 2.45) is 0 Å². The highest BCUT2D eigenvalue weighted by atomic mass is 31.2. The van der Waals surface area contributed by atoms with Gasteiger partial charge in [0.15, 0.2) is 18.1 Å². The number of benzene rings is 2. The summed E-state index contributed by atoms with van der Waals surface area (Å²) in [5.74, 6) is -4.39. The molecule has 0 radical (unpaired) electrons. The van der Waals surface area contributed by atoms with Gasteiger partial charge in [-0.05, 0) is 37.1 Å². The van der Waals surface area contributed by atoms with E-state index in [1.165, 1.54) is 18.3 Å². The molecule has 4 N–H and O–H groups in total. The number of anilines is 1. The summed E-state index contributed by atoms with van der Waals surface area (Å²) in [5, 5.41) is 3.01. The van der Waals surface area contributed by atoms with Gasteiger partial charge in [0.05, 0.1) is 11.2 Å². The summed E-state index contributed by atoms with van der Waals surface area (Å²) in [7, 11) is -9.18. The quantitative estimate of drug-likeness (QED) is 0.150. The molecule has 2 aliphatic rings. The first-order chi connectivity index (χ1) is 21.3. The third kappa shape index (κ3) is 6.60. The minimum atomic E-state index is -4.79. The van der Waals surface area contributed by atoms with E-state index < -0.39 is 50.5 Å². The molecule has 1 atom stereocenters. The molecule has 2 aromatic heterocycles. The Morgan fingerprint density at radius 1 is 1.04 bits per heavy atom. The SMILES string of the molecule is O=C(OCc1oc(=O)oc1-c1ccc(P(=O)(O)CP(=O)(O)O)cc1)c1cn(C2CC2)c2cc(N3CCNCC3)c(F)cc2c1=O. The molecular formula is C28H28FN3O11P2. The number of carbonyl (C=O) groups is 1. The zero-order chi connectivity index (χ0) is 32.1. The van der Waals surface area contributed by atoms with E-state index in [9.17, 15) is 28.4 Å². The van der Waals surface area contributed by atoms with E-state index in [-0.39, 0.29) is 39.4 Å². The molecule has 1 aliphatic heterocycles. The second-order valence-electron chi connectivity index (χ2n) is 10.9. The van der Waals surface area contributed by atoms with Gasteiger partial charge in [-0.15, -0.1) is 0 Å². The van der Waals surface area contributed by atoms with Crippen LogP contribution in [0.5, 0.6) is 0 Å². The van der Waals surface area contributed by atoms with Crippen molar-refractivity contribution in [3.8, 4) is 11.3 Å². The molecule has 0 bridgehead atoms. The predicted octanol–water partition coefficient (Wildman–Crippen LogP) is 2.49. The average molecular weight is 663 g/mol. The van der Waals surface area contributed by atoms with Gasteiger partial charge >= 0.3 is 19.4 Å². The van der Waals surface area contributed by atoms with Crippen LogP contribution in [0.2, 0.25) is 0 Å². The number of rotatable bonds is 9. The average Bonchev–Trinajstić information content (AvgIpc) is 3.76. The fourth-order valence-corrected chi connectivity index (χ4v) is 8.58. The zero-order valence-corrected chi connectivity index (χ0v) is 25.3. The minimum Gasteiger partial charge on any atom is -0.454 e. The van der Waals surface area contributed by atoms with E-state index in [1.54, 1.807) is 10.6 Å². The van der Waals surface area contributed by atoms with Gasteiger partial charge in [0.2, 0.25) is 12.8 Å². The van der Waals surface area contributed by atoms with Gasteiger partial charge in [-0.2, -0.15) is 0 Å². The summed E-state index contributed by atoms with van der Waals surface area (Å²) in [6.07, 6.45) is 3.04. The smallest absolute Gasteiger partial charge is 0.454 e. The zero-order valence-electron chi connectivity index (χ0n) is 23.6. The lowest BCUT2D eigenvalue weighted by atomic mass is 10.1. The summed E-state index contributed by atoms with van der Waals surface area (Å²) < 4.78 is 56.1. The van der Waals surface area contributed by atoms with E-state index in [1.807, 2.05) is 4.90 Å². The highest BCUT2D eigenvalue weighted by Gasteiger charge is 2.32. The van der Waals surface area contributed by atoms with E-state index >= 15 is 4.39 Å². The third-order valence-corrected chi connectivity index (χ3v) is 11.7. The number of esters is 1. The van der Waals surface area contributed by atoms with E-state index in [0.717, 1.165) is 31.0 Å². The Balaban J connectivity index is 1.26. The number of halogens is 1. The Bertz CT molecular complexity index is 2000. The fraction of sp³-hybridized carbons (Fsp3) is 0.321. The fourth-order valence-electron chi connectivity index (χ4n) is 5.32. The number of hydrogen-bond acceptors (Lipinski definition) is 10. The van der Waals surface area contributed by atoms with Gasteiger partial charge in [0, 0.05) is 54.7 Å². The summed E-state index contributed by atoms with van der Waals surface area (Å²) in [5.41, 5.74) is 0.0144. The maximum Gasteiger partial charge on any atom is 0.519 e. The molecular weight excluding hydrogens is 635 g/mol. The largest absolute Gasteiger partial charge is 0.519 e. The molecule has 17 heteroatoms. The Morgan fingerprint density at radius 3 is 2.38 bits per heavy atom. The summed E-state index contributed by atoms with van der Waals surface area (Å²) in [6, 6.07) is 7.61. The van der Waals surface area contributed by atoms with Crippen molar-refractivity contribution in [1.29, 1.82) is 0 Å². The van der Waals surface area contributed by atoms with E-state index in [0.29, 0.717) is 37.4 Å². The maximum absolute atomic E-state index is 15.3. The molecule has 1 unspecified atom stereocenters. The lowest BCUT2D eigenvalue weighted by Crippen LogP contribution is -2.43. The number of hydrogen-bond donors (Lipinski definition) is 4. The molecule has 2 fully saturated rings. The van der Waals surface area contributed by atoms with Crippen LogP contribution < -0.4 is 26.8 Å². The topological polar surface area (TPSA) is 202 Å². The molecule has 0 amide bonds. The van der Waals surface area contributed by atoms with Crippen molar-refractivity contribution in [1.82, 2.24) is 9.88 Å². The van der Waals surface area contributed by atoms with Crippen LogP contribution in [0.15, 0.2) is 61.0 Å². The van der Waals surface area contributed by atoms with Crippen molar-refractivity contribution >= 4 is 42.8 Å². The number of carbonyl (C=O) groups excluding carboxylic acids is 1. The lowest BCUT2D eigenvalue weighted by molar-refractivity contribution is 0.0442. The highest BCUT2D eigenvalue weighted by Crippen LogP contribution is 2.53. The number of fused-ring (bicyclic) bond motifs is 1. The molecule has 45 heavy (non-hydrogen) atoms. The summed E-state index contributed by atoms with van der Waals surface area (Å²) in [4.78, 5) is 68.7. The number of aromatic nitrogens is 1. The molecule has 4 aromatic rings. The Hall–Kier alpha value is -3.84. The maximum atomic E-state index is 15.3. The Morgan fingerprint density at radius 2 is 1.73 bits per heavy atom. The summed E-state index contributed by atoms with van der Waals surface area (Å²) in [6.45, 7) is 1.98. The van der Waals surface area contributed by atoms with Crippen LogP contribution >= 0.6 is 15.0 Å². The van der Waals surface area contributed by atoms with E-state index in [4.69, 9.17) is 23.4 Å². The second-order valence-corrected chi connectivity index (χ2v) is 15.3. The predicted molar refractivity (Wildman–Crippen MR) is 160 cm³/mol. The number of pyridine rings is 1.